The molecular weight excluding hydrogens is 274 g/mol. The number of pyridine rings is 1. The summed E-state index contributed by atoms with van der Waals surface area (Å²) in [6, 6.07) is 6.23. The average Bonchev–Trinajstić information content (AvgIpc) is 3.01. The molecule has 0 spiro atoms. The molecule has 0 aromatic carbocycles. The molecule has 0 bridgehead atoms. The van der Waals surface area contributed by atoms with E-state index in [0.29, 0.717) is 22.7 Å². The number of aromatic carboxylic acids is 1. The number of carbonyl (C=O) groups is 1. The molecule has 0 atom stereocenters. The zero-order valence-electron chi connectivity index (χ0n) is 10.6. The van der Waals surface area contributed by atoms with Crippen molar-refractivity contribution in [1.82, 2.24) is 15.0 Å². The van der Waals surface area contributed by atoms with Crippen LogP contribution in [0.2, 0.25) is 0 Å². The molecule has 0 amide bonds. The number of carboxylic acids is 1. The van der Waals surface area contributed by atoms with Gasteiger partial charge in [0.05, 0.1) is 17.7 Å². The summed E-state index contributed by atoms with van der Waals surface area (Å²) >= 11 is 0. The highest BCUT2D eigenvalue weighted by molar-refractivity contribution is 5.90. The molecule has 3 aromatic rings. The Kier molecular flexibility index (Phi) is 3.07. The maximum absolute atomic E-state index is 11.8. The summed E-state index contributed by atoms with van der Waals surface area (Å²) in [6.45, 7) is 0. The molecule has 7 heteroatoms. The lowest BCUT2D eigenvalue weighted by Gasteiger charge is -2.07. The number of hydrogen-bond donors (Lipinski definition) is 2. The lowest BCUT2D eigenvalue weighted by molar-refractivity contribution is 0.0695. The van der Waals surface area contributed by atoms with Gasteiger partial charge in [-0.15, -0.1) is 0 Å². The standard InChI is InChI=1S/C14H9N3O4/c18-13-9(14(19)20)6-8(10-3-4-15-7-16-10)12(17-13)11-2-1-5-21-11/h1-7H,(H,17,18)(H,19,20). The number of H-pyrrole nitrogens is 1. The Morgan fingerprint density at radius 2 is 2.19 bits per heavy atom. The van der Waals surface area contributed by atoms with Crippen molar-refractivity contribution in [3.05, 3.63) is 59.0 Å². The lowest BCUT2D eigenvalue weighted by atomic mass is 10.1. The molecule has 104 valence electrons. The highest BCUT2D eigenvalue weighted by atomic mass is 16.4. The fourth-order valence-electron chi connectivity index (χ4n) is 1.96. The van der Waals surface area contributed by atoms with Crippen molar-refractivity contribution in [2.45, 2.75) is 0 Å². The van der Waals surface area contributed by atoms with Crippen LogP contribution in [0, 0.1) is 0 Å². The van der Waals surface area contributed by atoms with E-state index in [0.717, 1.165) is 0 Å². The van der Waals surface area contributed by atoms with Gasteiger partial charge in [-0.25, -0.2) is 14.8 Å². The molecule has 0 unspecified atom stereocenters. The topological polar surface area (TPSA) is 109 Å². The van der Waals surface area contributed by atoms with Gasteiger partial charge in [-0.05, 0) is 24.3 Å². The first-order chi connectivity index (χ1) is 10.2. The third kappa shape index (κ3) is 2.32. The molecule has 0 aliphatic carbocycles. The Labute approximate surface area is 117 Å². The van der Waals surface area contributed by atoms with Crippen molar-refractivity contribution in [3.8, 4) is 22.7 Å². The van der Waals surface area contributed by atoms with Crippen LogP contribution in [0.15, 0.2) is 52.3 Å². The summed E-state index contributed by atoms with van der Waals surface area (Å²) < 4.78 is 5.28. The molecule has 0 aliphatic rings. The van der Waals surface area contributed by atoms with E-state index in [1.807, 2.05) is 0 Å². The van der Waals surface area contributed by atoms with Crippen molar-refractivity contribution >= 4 is 5.97 Å². The smallest absolute Gasteiger partial charge is 0.341 e. The molecule has 0 aliphatic heterocycles. The van der Waals surface area contributed by atoms with Crippen molar-refractivity contribution in [2.24, 2.45) is 0 Å². The minimum atomic E-state index is -1.31. The fourth-order valence-corrected chi connectivity index (χ4v) is 1.96. The van der Waals surface area contributed by atoms with E-state index < -0.39 is 11.5 Å². The minimum absolute atomic E-state index is 0.362. The summed E-state index contributed by atoms with van der Waals surface area (Å²) in [5, 5.41) is 9.08. The number of aromatic amines is 1. The summed E-state index contributed by atoms with van der Waals surface area (Å²) in [7, 11) is 0. The molecule has 0 saturated carbocycles. The van der Waals surface area contributed by atoms with Crippen LogP contribution in [-0.2, 0) is 0 Å². The molecular formula is C14H9N3O4. The van der Waals surface area contributed by atoms with Gasteiger partial charge in [0.15, 0.2) is 5.76 Å². The SMILES string of the molecule is O=C(O)c1cc(-c2ccncn2)c(-c2ccco2)[nH]c1=O. The third-order valence-electron chi connectivity index (χ3n) is 2.90. The Morgan fingerprint density at radius 3 is 2.81 bits per heavy atom. The van der Waals surface area contributed by atoms with E-state index in [4.69, 9.17) is 9.52 Å². The summed E-state index contributed by atoms with van der Waals surface area (Å²) in [6.07, 6.45) is 4.33. The van der Waals surface area contributed by atoms with Gasteiger partial charge in [0.1, 0.15) is 11.9 Å². The third-order valence-corrected chi connectivity index (χ3v) is 2.90. The zero-order chi connectivity index (χ0) is 14.8. The first-order valence-corrected chi connectivity index (χ1v) is 5.97. The number of furan rings is 1. The van der Waals surface area contributed by atoms with E-state index in [1.54, 1.807) is 18.2 Å². The number of hydrogen-bond acceptors (Lipinski definition) is 5. The largest absolute Gasteiger partial charge is 0.477 e. The summed E-state index contributed by atoms with van der Waals surface area (Å²) in [5.41, 5.74) is 0.235. The van der Waals surface area contributed by atoms with Gasteiger partial charge in [0.2, 0.25) is 0 Å². The highest BCUT2D eigenvalue weighted by Gasteiger charge is 2.18. The van der Waals surface area contributed by atoms with E-state index in [1.165, 1.54) is 24.9 Å². The first kappa shape index (κ1) is 12.8. The predicted octanol–water partition coefficient (Wildman–Crippen LogP) is 1.79. The number of aromatic nitrogens is 3. The molecule has 7 nitrogen and oxygen atoms in total. The van der Waals surface area contributed by atoms with Gasteiger partial charge < -0.3 is 14.5 Å². The van der Waals surface area contributed by atoms with Crippen LogP contribution in [0.5, 0.6) is 0 Å². The fraction of sp³-hybridized carbons (Fsp3) is 0. The van der Waals surface area contributed by atoms with Crippen LogP contribution in [0.25, 0.3) is 22.7 Å². The molecule has 3 rings (SSSR count). The second kappa shape index (κ2) is 5.04. The summed E-state index contributed by atoms with van der Waals surface area (Å²) in [4.78, 5) is 33.4. The van der Waals surface area contributed by atoms with Crippen LogP contribution in [0.4, 0.5) is 0 Å². The van der Waals surface area contributed by atoms with Crippen molar-refractivity contribution in [1.29, 1.82) is 0 Å². The molecule has 21 heavy (non-hydrogen) atoms. The maximum Gasteiger partial charge on any atom is 0.341 e. The molecule has 2 N–H and O–H groups in total. The summed E-state index contributed by atoms with van der Waals surface area (Å²) in [5.74, 6) is -0.893. The quantitative estimate of drug-likeness (QED) is 0.758. The minimum Gasteiger partial charge on any atom is -0.477 e. The number of rotatable bonds is 3. The maximum atomic E-state index is 11.8. The van der Waals surface area contributed by atoms with Gasteiger partial charge >= 0.3 is 5.97 Å². The number of carboxylic acid groups (broad SMARTS) is 1. The zero-order valence-corrected chi connectivity index (χ0v) is 10.6. The van der Waals surface area contributed by atoms with Crippen LogP contribution in [0.3, 0.4) is 0 Å². The van der Waals surface area contributed by atoms with E-state index in [2.05, 4.69) is 15.0 Å². The lowest BCUT2D eigenvalue weighted by Crippen LogP contribution is -2.18. The molecule has 3 aromatic heterocycles. The molecule has 0 fully saturated rings. The van der Waals surface area contributed by atoms with Crippen LogP contribution in [-0.4, -0.2) is 26.0 Å². The van der Waals surface area contributed by atoms with Gasteiger partial charge in [-0.1, -0.05) is 0 Å². The van der Waals surface area contributed by atoms with E-state index in [-0.39, 0.29) is 5.56 Å². The normalized spacial score (nSPS) is 10.5. The van der Waals surface area contributed by atoms with Crippen molar-refractivity contribution in [3.63, 3.8) is 0 Å². The van der Waals surface area contributed by atoms with Gasteiger partial charge in [-0.3, -0.25) is 4.79 Å². The van der Waals surface area contributed by atoms with Crippen molar-refractivity contribution < 1.29 is 14.3 Å². The molecule has 0 saturated heterocycles. The first-order valence-electron chi connectivity index (χ1n) is 5.97. The van der Waals surface area contributed by atoms with Gasteiger partial charge in [0.25, 0.3) is 5.56 Å². The van der Waals surface area contributed by atoms with Crippen LogP contribution >= 0.6 is 0 Å². The highest BCUT2D eigenvalue weighted by Crippen LogP contribution is 2.28. The van der Waals surface area contributed by atoms with E-state index >= 15 is 0 Å². The average molecular weight is 283 g/mol. The number of nitrogens with one attached hydrogen (secondary N) is 1. The van der Waals surface area contributed by atoms with E-state index in [9.17, 15) is 9.59 Å². The Hall–Kier alpha value is -3.22. The Morgan fingerprint density at radius 1 is 1.33 bits per heavy atom. The van der Waals surface area contributed by atoms with Gasteiger partial charge in [0, 0.05) is 11.8 Å². The second-order valence-corrected chi connectivity index (χ2v) is 4.18. The van der Waals surface area contributed by atoms with Gasteiger partial charge in [-0.2, -0.15) is 0 Å². The predicted molar refractivity (Wildman–Crippen MR) is 72.8 cm³/mol. The van der Waals surface area contributed by atoms with Crippen LogP contribution in [0.1, 0.15) is 10.4 Å². The monoisotopic (exact) mass is 283 g/mol. The van der Waals surface area contributed by atoms with Crippen molar-refractivity contribution in [2.75, 3.05) is 0 Å². The second-order valence-electron chi connectivity index (χ2n) is 4.18. The Bertz CT molecular complexity index is 838. The molecule has 3 heterocycles. The number of nitrogens with zero attached hydrogens (tertiary/aromatic N) is 2. The molecule has 0 radical (unpaired) electrons. The van der Waals surface area contributed by atoms with Crippen LogP contribution < -0.4 is 5.56 Å². The Balaban J connectivity index is 2.31.